The van der Waals surface area contributed by atoms with Crippen LogP contribution in [0.15, 0.2) is 18.2 Å². The average Bonchev–Trinajstić information content (AvgIpc) is 2.34. The predicted octanol–water partition coefficient (Wildman–Crippen LogP) is 2.66. The number of rotatable bonds is 7. The van der Waals surface area contributed by atoms with Crippen molar-refractivity contribution in [1.82, 2.24) is 5.32 Å². The molecule has 1 aromatic rings. The van der Waals surface area contributed by atoms with Gasteiger partial charge >= 0.3 is 0 Å². The first kappa shape index (κ1) is 15.3. The average molecular weight is 271 g/mol. The molecular weight excluding hydrogens is 248 g/mol. The zero-order valence-corrected chi connectivity index (χ0v) is 12.2. The Morgan fingerprint density at radius 3 is 2.78 bits per heavy atom. The number of hydrogen-bond acceptors (Lipinski definition) is 3. The third kappa shape index (κ3) is 4.84. The molecule has 18 heavy (non-hydrogen) atoms. The fourth-order valence-corrected chi connectivity index (χ4v) is 1.97. The van der Waals surface area contributed by atoms with Crippen LogP contribution in [0.3, 0.4) is 0 Å². The molecule has 0 radical (unpaired) electrons. The van der Waals surface area contributed by atoms with Crippen molar-refractivity contribution >= 4 is 17.3 Å². The van der Waals surface area contributed by atoms with Gasteiger partial charge in [0.1, 0.15) is 0 Å². The first-order chi connectivity index (χ1) is 8.54. The fourth-order valence-electron chi connectivity index (χ4n) is 1.80. The Morgan fingerprint density at radius 2 is 2.17 bits per heavy atom. The number of anilines is 1. The van der Waals surface area contributed by atoms with Crippen LogP contribution in [0.25, 0.3) is 0 Å². The third-order valence-corrected chi connectivity index (χ3v) is 3.14. The zero-order valence-electron chi connectivity index (χ0n) is 11.4. The van der Waals surface area contributed by atoms with Crippen LogP contribution in [-0.2, 0) is 6.54 Å². The Balaban J connectivity index is 2.79. The second-order valence-corrected chi connectivity index (χ2v) is 5.05. The van der Waals surface area contributed by atoms with E-state index in [2.05, 4.69) is 23.2 Å². The molecule has 1 unspecified atom stereocenters. The number of halogens is 1. The second-order valence-electron chi connectivity index (χ2n) is 4.61. The van der Waals surface area contributed by atoms with Crippen LogP contribution in [0, 0.1) is 0 Å². The van der Waals surface area contributed by atoms with Crippen molar-refractivity contribution < 1.29 is 5.11 Å². The van der Waals surface area contributed by atoms with Crippen molar-refractivity contribution in [2.75, 3.05) is 25.0 Å². The molecule has 0 saturated heterocycles. The molecule has 1 atom stereocenters. The molecule has 0 heterocycles. The smallest absolute Gasteiger partial charge is 0.0528 e. The monoisotopic (exact) mass is 270 g/mol. The van der Waals surface area contributed by atoms with E-state index in [0.29, 0.717) is 0 Å². The minimum Gasteiger partial charge on any atom is -0.393 e. The maximum absolute atomic E-state index is 9.35. The van der Waals surface area contributed by atoms with Gasteiger partial charge in [0.15, 0.2) is 0 Å². The van der Waals surface area contributed by atoms with Gasteiger partial charge in [-0.25, -0.2) is 0 Å². The molecule has 2 N–H and O–H groups in total. The van der Waals surface area contributed by atoms with Gasteiger partial charge in [-0.05, 0) is 37.6 Å². The SMILES string of the molecule is CCNCc1ccc(Cl)cc1N(C)CCC(C)O. The van der Waals surface area contributed by atoms with Crippen LogP contribution >= 0.6 is 11.6 Å². The Bertz CT molecular complexity index is 369. The molecule has 0 aliphatic heterocycles. The standard InChI is InChI=1S/C14H23ClN2O/c1-4-16-10-12-5-6-13(15)9-14(12)17(3)8-7-11(2)18/h5-6,9,11,16,18H,4,7-8,10H2,1-3H3. The topological polar surface area (TPSA) is 35.5 Å². The van der Waals surface area contributed by atoms with Gasteiger partial charge in [-0.15, -0.1) is 0 Å². The summed E-state index contributed by atoms with van der Waals surface area (Å²) in [5.74, 6) is 0. The molecule has 0 bridgehead atoms. The summed E-state index contributed by atoms with van der Waals surface area (Å²) in [6.45, 7) is 6.50. The van der Waals surface area contributed by atoms with Crippen molar-refractivity contribution in [1.29, 1.82) is 0 Å². The first-order valence-corrected chi connectivity index (χ1v) is 6.80. The van der Waals surface area contributed by atoms with Crippen molar-refractivity contribution in [3.05, 3.63) is 28.8 Å². The van der Waals surface area contributed by atoms with E-state index in [1.165, 1.54) is 5.56 Å². The molecular formula is C14H23ClN2O. The van der Waals surface area contributed by atoms with Crippen LogP contribution < -0.4 is 10.2 Å². The molecule has 0 aliphatic carbocycles. The van der Waals surface area contributed by atoms with Gasteiger partial charge in [-0.2, -0.15) is 0 Å². The molecule has 1 rings (SSSR count). The van der Waals surface area contributed by atoms with E-state index in [9.17, 15) is 5.11 Å². The van der Waals surface area contributed by atoms with Crippen molar-refractivity contribution in [3.8, 4) is 0 Å². The number of nitrogens with one attached hydrogen (secondary N) is 1. The predicted molar refractivity (Wildman–Crippen MR) is 78.4 cm³/mol. The fraction of sp³-hybridized carbons (Fsp3) is 0.571. The minimum atomic E-state index is -0.274. The highest BCUT2D eigenvalue weighted by Crippen LogP contribution is 2.24. The Morgan fingerprint density at radius 1 is 1.44 bits per heavy atom. The summed E-state index contributed by atoms with van der Waals surface area (Å²) in [6, 6.07) is 5.95. The van der Waals surface area contributed by atoms with E-state index >= 15 is 0 Å². The van der Waals surface area contributed by atoms with E-state index in [1.807, 2.05) is 26.1 Å². The lowest BCUT2D eigenvalue weighted by Crippen LogP contribution is -2.24. The van der Waals surface area contributed by atoms with E-state index in [4.69, 9.17) is 11.6 Å². The Hall–Kier alpha value is -0.770. The highest BCUT2D eigenvalue weighted by molar-refractivity contribution is 6.30. The zero-order chi connectivity index (χ0) is 13.5. The van der Waals surface area contributed by atoms with E-state index in [0.717, 1.165) is 36.8 Å². The number of aliphatic hydroxyl groups is 1. The van der Waals surface area contributed by atoms with Crippen LogP contribution in [0.1, 0.15) is 25.8 Å². The lowest BCUT2D eigenvalue weighted by Gasteiger charge is -2.23. The van der Waals surface area contributed by atoms with Crippen LogP contribution in [0.2, 0.25) is 5.02 Å². The summed E-state index contributed by atoms with van der Waals surface area (Å²) in [5, 5.41) is 13.4. The highest BCUT2D eigenvalue weighted by Gasteiger charge is 2.09. The summed E-state index contributed by atoms with van der Waals surface area (Å²) in [7, 11) is 2.03. The molecule has 3 nitrogen and oxygen atoms in total. The quantitative estimate of drug-likeness (QED) is 0.800. The van der Waals surface area contributed by atoms with Gasteiger partial charge in [-0.3, -0.25) is 0 Å². The van der Waals surface area contributed by atoms with E-state index in [-0.39, 0.29) is 6.10 Å². The number of hydrogen-bond donors (Lipinski definition) is 2. The Kier molecular flexibility index (Phi) is 6.47. The van der Waals surface area contributed by atoms with Gasteiger partial charge in [0.25, 0.3) is 0 Å². The summed E-state index contributed by atoms with van der Waals surface area (Å²) >= 11 is 6.06. The van der Waals surface area contributed by atoms with E-state index < -0.39 is 0 Å². The lowest BCUT2D eigenvalue weighted by atomic mass is 10.1. The summed E-state index contributed by atoms with van der Waals surface area (Å²) in [6.07, 6.45) is 0.479. The number of aliphatic hydroxyl groups excluding tert-OH is 1. The van der Waals surface area contributed by atoms with Crippen LogP contribution in [0.5, 0.6) is 0 Å². The largest absolute Gasteiger partial charge is 0.393 e. The molecule has 0 fully saturated rings. The number of benzene rings is 1. The van der Waals surface area contributed by atoms with Crippen molar-refractivity contribution in [2.45, 2.75) is 32.9 Å². The molecule has 1 aromatic carbocycles. The molecule has 0 aliphatic rings. The van der Waals surface area contributed by atoms with Crippen LogP contribution in [0.4, 0.5) is 5.69 Å². The molecule has 0 amide bonds. The maximum Gasteiger partial charge on any atom is 0.0528 e. The van der Waals surface area contributed by atoms with Gasteiger partial charge in [-0.1, -0.05) is 24.6 Å². The van der Waals surface area contributed by atoms with Crippen molar-refractivity contribution in [2.24, 2.45) is 0 Å². The lowest BCUT2D eigenvalue weighted by molar-refractivity contribution is 0.187. The van der Waals surface area contributed by atoms with Gasteiger partial charge in [0.05, 0.1) is 6.10 Å². The first-order valence-electron chi connectivity index (χ1n) is 6.43. The van der Waals surface area contributed by atoms with Crippen molar-refractivity contribution in [3.63, 3.8) is 0 Å². The summed E-state index contributed by atoms with van der Waals surface area (Å²) in [5.41, 5.74) is 2.36. The maximum atomic E-state index is 9.35. The second kappa shape index (κ2) is 7.62. The molecule has 4 heteroatoms. The van der Waals surface area contributed by atoms with Gasteiger partial charge in [0.2, 0.25) is 0 Å². The number of nitrogens with zero attached hydrogens (tertiary/aromatic N) is 1. The third-order valence-electron chi connectivity index (χ3n) is 2.91. The molecule has 0 aromatic heterocycles. The highest BCUT2D eigenvalue weighted by atomic mass is 35.5. The Labute approximate surface area is 115 Å². The summed E-state index contributed by atoms with van der Waals surface area (Å²) in [4.78, 5) is 2.14. The molecule has 0 spiro atoms. The van der Waals surface area contributed by atoms with Gasteiger partial charge < -0.3 is 15.3 Å². The normalized spacial score (nSPS) is 12.5. The van der Waals surface area contributed by atoms with Gasteiger partial charge in [0, 0.05) is 30.8 Å². The molecule has 0 saturated carbocycles. The summed E-state index contributed by atoms with van der Waals surface area (Å²) < 4.78 is 0. The van der Waals surface area contributed by atoms with E-state index in [1.54, 1.807) is 0 Å². The minimum absolute atomic E-state index is 0.274. The van der Waals surface area contributed by atoms with Crippen LogP contribution in [-0.4, -0.2) is 31.3 Å². The molecule has 102 valence electrons.